The molecule has 0 spiro atoms. The summed E-state index contributed by atoms with van der Waals surface area (Å²) in [5, 5.41) is 13.5. The van der Waals surface area contributed by atoms with E-state index in [0.29, 0.717) is 0 Å². The van der Waals surface area contributed by atoms with Crippen LogP contribution in [0, 0.1) is 11.3 Å². The quantitative estimate of drug-likeness (QED) is 0.702. The van der Waals surface area contributed by atoms with Gasteiger partial charge >= 0.3 is 0 Å². The van der Waals surface area contributed by atoms with Crippen molar-refractivity contribution < 1.29 is 9.59 Å². The first-order valence-corrected chi connectivity index (χ1v) is 4.80. The van der Waals surface area contributed by atoms with Crippen molar-refractivity contribution >= 4 is 11.8 Å². The van der Waals surface area contributed by atoms with Crippen LogP contribution >= 0.6 is 0 Å². The van der Waals surface area contributed by atoms with E-state index >= 15 is 0 Å². The fourth-order valence-electron chi connectivity index (χ4n) is 0.931. The van der Waals surface area contributed by atoms with Crippen molar-refractivity contribution in [2.75, 3.05) is 6.54 Å². The van der Waals surface area contributed by atoms with Crippen molar-refractivity contribution in [3.05, 3.63) is 0 Å². The van der Waals surface area contributed by atoms with Gasteiger partial charge in [0, 0.05) is 18.5 Å². The number of rotatable bonds is 4. The molecule has 0 aliphatic heterocycles. The number of hydrogen-bond donors (Lipinski definition) is 2. The number of nitriles is 1. The molecule has 15 heavy (non-hydrogen) atoms. The smallest absolute Gasteiger partial charge is 0.234 e. The zero-order valence-corrected chi connectivity index (χ0v) is 9.39. The zero-order chi connectivity index (χ0) is 11.9. The van der Waals surface area contributed by atoms with Crippen LogP contribution in [0.15, 0.2) is 0 Å². The summed E-state index contributed by atoms with van der Waals surface area (Å²) in [6.45, 7) is 5.93. The Hall–Kier alpha value is -1.57. The molecule has 0 fully saturated rings. The highest BCUT2D eigenvalue weighted by molar-refractivity contribution is 5.80. The molecule has 0 rings (SSSR count). The van der Waals surface area contributed by atoms with Gasteiger partial charge in [0.25, 0.3) is 0 Å². The maximum absolute atomic E-state index is 11.3. The van der Waals surface area contributed by atoms with Gasteiger partial charge in [0.2, 0.25) is 11.8 Å². The SMILES string of the molecule is CC(C)(C)NC(=O)CCNC(=O)CC#N. The summed E-state index contributed by atoms with van der Waals surface area (Å²) in [5.74, 6) is -0.458. The average molecular weight is 211 g/mol. The van der Waals surface area contributed by atoms with Gasteiger partial charge < -0.3 is 10.6 Å². The predicted molar refractivity (Wildman–Crippen MR) is 55.8 cm³/mol. The van der Waals surface area contributed by atoms with Gasteiger partial charge in [-0.15, -0.1) is 0 Å². The Balaban J connectivity index is 3.66. The van der Waals surface area contributed by atoms with E-state index in [1.54, 1.807) is 6.07 Å². The molecule has 5 nitrogen and oxygen atoms in total. The molecule has 84 valence electrons. The Morgan fingerprint density at radius 3 is 2.33 bits per heavy atom. The van der Waals surface area contributed by atoms with E-state index in [4.69, 9.17) is 5.26 Å². The van der Waals surface area contributed by atoms with E-state index in [9.17, 15) is 9.59 Å². The van der Waals surface area contributed by atoms with Crippen molar-refractivity contribution in [1.29, 1.82) is 5.26 Å². The first-order valence-electron chi connectivity index (χ1n) is 4.80. The number of carbonyl (C=O) groups is 2. The molecule has 0 aliphatic carbocycles. The molecule has 0 bridgehead atoms. The molecule has 0 aromatic heterocycles. The molecular formula is C10H17N3O2. The van der Waals surface area contributed by atoms with Crippen molar-refractivity contribution in [2.45, 2.75) is 39.2 Å². The van der Waals surface area contributed by atoms with Crippen molar-refractivity contribution in [2.24, 2.45) is 0 Å². The van der Waals surface area contributed by atoms with Gasteiger partial charge in [-0.25, -0.2) is 0 Å². The lowest BCUT2D eigenvalue weighted by molar-refractivity contribution is -0.122. The van der Waals surface area contributed by atoms with Crippen LogP contribution in [0.4, 0.5) is 0 Å². The highest BCUT2D eigenvalue weighted by atomic mass is 16.2. The summed E-state index contributed by atoms with van der Waals surface area (Å²) < 4.78 is 0. The Morgan fingerprint density at radius 2 is 1.87 bits per heavy atom. The normalized spacial score (nSPS) is 10.3. The van der Waals surface area contributed by atoms with Crippen molar-refractivity contribution in [3.63, 3.8) is 0 Å². The van der Waals surface area contributed by atoms with Crippen LogP contribution in [0.3, 0.4) is 0 Å². The Bertz CT molecular complexity index is 273. The van der Waals surface area contributed by atoms with Crippen LogP contribution in [0.5, 0.6) is 0 Å². The molecule has 0 aromatic carbocycles. The summed E-state index contributed by atoms with van der Waals surface area (Å²) in [5.41, 5.74) is -0.256. The lowest BCUT2D eigenvalue weighted by Gasteiger charge is -2.20. The third-order valence-electron chi connectivity index (χ3n) is 1.43. The molecule has 0 aromatic rings. The minimum Gasteiger partial charge on any atom is -0.355 e. The number of hydrogen-bond acceptors (Lipinski definition) is 3. The predicted octanol–water partition coefficient (Wildman–Crippen LogP) is 0.321. The molecular weight excluding hydrogens is 194 g/mol. The molecule has 0 unspecified atom stereocenters. The van der Waals surface area contributed by atoms with Crippen LogP contribution < -0.4 is 10.6 Å². The highest BCUT2D eigenvalue weighted by Gasteiger charge is 2.13. The Morgan fingerprint density at radius 1 is 1.27 bits per heavy atom. The van der Waals surface area contributed by atoms with Crippen LogP contribution in [-0.2, 0) is 9.59 Å². The van der Waals surface area contributed by atoms with Crippen LogP contribution in [0.2, 0.25) is 0 Å². The van der Waals surface area contributed by atoms with E-state index in [0.717, 1.165) is 0 Å². The summed E-state index contributed by atoms with van der Waals surface area (Å²) in [6, 6.07) is 1.73. The van der Waals surface area contributed by atoms with Gasteiger partial charge in [-0.2, -0.15) is 5.26 Å². The van der Waals surface area contributed by atoms with Crippen LogP contribution in [0.25, 0.3) is 0 Å². The van der Waals surface area contributed by atoms with Gasteiger partial charge in [-0.3, -0.25) is 9.59 Å². The standard InChI is InChI=1S/C10H17N3O2/c1-10(2,3)13-9(15)5-7-12-8(14)4-6-11/h4-5,7H2,1-3H3,(H,12,14)(H,13,15). The molecule has 5 heteroatoms. The van der Waals surface area contributed by atoms with Crippen LogP contribution in [-0.4, -0.2) is 23.9 Å². The molecule has 0 aliphatic rings. The summed E-state index contributed by atoms with van der Waals surface area (Å²) >= 11 is 0. The average Bonchev–Trinajstić information content (AvgIpc) is 2.00. The maximum atomic E-state index is 11.3. The summed E-state index contributed by atoms with van der Waals surface area (Å²) in [4.78, 5) is 22.1. The Labute approximate surface area is 89.8 Å². The second-order valence-corrected chi connectivity index (χ2v) is 4.23. The molecule has 2 N–H and O–H groups in total. The lowest BCUT2D eigenvalue weighted by Crippen LogP contribution is -2.41. The Kier molecular flexibility index (Phi) is 5.39. The minimum absolute atomic E-state index is 0.111. The molecule has 0 heterocycles. The van der Waals surface area contributed by atoms with E-state index in [1.807, 2.05) is 20.8 Å². The largest absolute Gasteiger partial charge is 0.355 e. The van der Waals surface area contributed by atoms with E-state index < -0.39 is 0 Å². The van der Waals surface area contributed by atoms with E-state index in [-0.39, 0.29) is 36.7 Å². The lowest BCUT2D eigenvalue weighted by atomic mass is 10.1. The van der Waals surface area contributed by atoms with E-state index in [2.05, 4.69) is 10.6 Å². The third-order valence-corrected chi connectivity index (χ3v) is 1.43. The highest BCUT2D eigenvalue weighted by Crippen LogP contribution is 1.98. The monoisotopic (exact) mass is 211 g/mol. The number of amides is 2. The van der Waals surface area contributed by atoms with Gasteiger partial charge in [-0.05, 0) is 20.8 Å². The fourth-order valence-corrected chi connectivity index (χ4v) is 0.931. The molecule has 0 saturated carbocycles. The summed E-state index contributed by atoms with van der Waals surface area (Å²) in [7, 11) is 0. The van der Waals surface area contributed by atoms with E-state index in [1.165, 1.54) is 0 Å². The molecule has 0 saturated heterocycles. The molecule has 0 atom stereocenters. The third kappa shape index (κ3) is 8.75. The molecule has 0 radical (unpaired) electrons. The molecule has 2 amide bonds. The maximum Gasteiger partial charge on any atom is 0.234 e. The number of nitrogens with zero attached hydrogens (tertiary/aromatic N) is 1. The topological polar surface area (TPSA) is 82.0 Å². The van der Waals surface area contributed by atoms with Gasteiger partial charge in [0.1, 0.15) is 6.42 Å². The van der Waals surface area contributed by atoms with Gasteiger partial charge in [0.05, 0.1) is 6.07 Å². The first-order chi connectivity index (χ1) is 6.85. The first kappa shape index (κ1) is 13.4. The number of nitrogens with one attached hydrogen (secondary N) is 2. The minimum atomic E-state index is -0.346. The number of carbonyl (C=O) groups excluding carboxylic acids is 2. The summed E-state index contributed by atoms with van der Waals surface area (Å²) in [6.07, 6.45) is 0.0648. The zero-order valence-electron chi connectivity index (χ0n) is 9.39. The second kappa shape index (κ2) is 6.02. The van der Waals surface area contributed by atoms with Gasteiger partial charge in [0.15, 0.2) is 0 Å². The van der Waals surface area contributed by atoms with Crippen molar-refractivity contribution in [1.82, 2.24) is 10.6 Å². The van der Waals surface area contributed by atoms with Gasteiger partial charge in [-0.1, -0.05) is 0 Å². The van der Waals surface area contributed by atoms with Crippen molar-refractivity contribution in [3.8, 4) is 6.07 Å². The van der Waals surface area contributed by atoms with Crippen LogP contribution in [0.1, 0.15) is 33.6 Å². The second-order valence-electron chi connectivity index (χ2n) is 4.23. The fraction of sp³-hybridized carbons (Fsp3) is 0.700.